The predicted octanol–water partition coefficient (Wildman–Crippen LogP) is 4.72. The summed E-state index contributed by atoms with van der Waals surface area (Å²) in [5.41, 5.74) is 0.500. The lowest BCUT2D eigenvalue weighted by Gasteiger charge is -2.29. The van der Waals surface area contributed by atoms with E-state index in [1.807, 2.05) is 20.8 Å². The van der Waals surface area contributed by atoms with Crippen molar-refractivity contribution >= 4 is 27.3 Å². The van der Waals surface area contributed by atoms with Crippen LogP contribution in [0.2, 0.25) is 0 Å². The fourth-order valence-electron chi connectivity index (χ4n) is 1.75. The zero-order valence-electron chi connectivity index (χ0n) is 12.7. The molecular weight excluding hydrogens is 376 g/mol. The van der Waals surface area contributed by atoms with Crippen molar-refractivity contribution in [2.24, 2.45) is 0 Å². The van der Waals surface area contributed by atoms with Gasteiger partial charge in [-0.25, -0.2) is 0 Å². The van der Waals surface area contributed by atoms with E-state index in [0.29, 0.717) is 16.5 Å². The van der Waals surface area contributed by atoms with E-state index in [1.54, 1.807) is 18.2 Å². The van der Waals surface area contributed by atoms with Crippen LogP contribution in [0.25, 0.3) is 0 Å². The molecule has 0 aliphatic carbocycles. The van der Waals surface area contributed by atoms with Gasteiger partial charge in [0.05, 0.1) is 6.04 Å². The second-order valence-electron chi connectivity index (χ2n) is 5.61. The Morgan fingerprint density at radius 1 is 1.45 bits per heavy atom. The van der Waals surface area contributed by atoms with Crippen molar-refractivity contribution < 1.29 is 18.1 Å². The molecule has 2 atom stereocenters. The Bertz CT molecular complexity index is 509. The van der Waals surface area contributed by atoms with Gasteiger partial charge < -0.3 is 9.29 Å². The van der Waals surface area contributed by atoms with Crippen molar-refractivity contribution in [1.29, 1.82) is 0 Å². The average Bonchev–Trinajstić information content (AvgIpc) is 2.36. The molecule has 0 aliphatic rings. The molecule has 22 heavy (non-hydrogen) atoms. The summed E-state index contributed by atoms with van der Waals surface area (Å²) in [7, 11) is 0. The molecule has 0 saturated heterocycles. The monoisotopic (exact) mass is 395 g/mol. The molecule has 0 aromatic heterocycles. The summed E-state index contributed by atoms with van der Waals surface area (Å²) in [6.45, 7) is 6.24. The molecule has 1 aromatic carbocycles. The minimum Gasteiger partial charge on any atom is -0.598 e. The van der Waals surface area contributed by atoms with Gasteiger partial charge in [0.15, 0.2) is 0 Å². The van der Waals surface area contributed by atoms with Crippen molar-refractivity contribution in [2.45, 2.75) is 44.6 Å². The van der Waals surface area contributed by atoms with Crippen LogP contribution in [0.5, 0.6) is 5.75 Å². The fraction of sp³-hybridized carbons (Fsp3) is 0.467. The third kappa shape index (κ3) is 5.53. The molecular formula is C15H20BrF2NO2S. The topological polar surface area (TPSA) is 44.3 Å². The van der Waals surface area contributed by atoms with Gasteiger partial charge in [-0.1, -0.05) is 28.1 Å². The Kier molecular flexibility index (Phi) is 7.31. The highest BCUT2D eigenvalue weighted by atomic mass is 79.9. The quantitative estimate of drug-likeness (QED) is 0.536. The minimum absolute atomic E-state index is 0.0506. The van der Waals surface area contributed by atoms with Crippen LogP contribution in [0, 0.1) is 0 Å². The summed E-state index contributed by atoms with van der Waals surface area (Å²) < 4.78 is 45.2. The first-order valence-corrected chi connectivity index (χ1v) is 8.63. The van der Waals surface area contributed by atoms with Gasteiger partial charge in [0.25, 0.3) is 0 Å². The first kappa shape index (κ1) is 19.4. The summed E-state index contributed by atoms with van der Waals surface area (Å²) >= 11 is 1.99. The summed E-state index contributed by atoms with van der Waals surface area (Å²) in [5, 5.41) is 0. The third-order valence-corrected chi connectivity index (χ3v) is 5.09. The Hall–Kier alpha value is -0.630. The number of benzene rings is 1. The van der Waals surface area contributed by atoms with E-state index >= 15 is 0 Å². The molecule has 0 radical (unpaired) electrons. The number of alkyl halides is 2. The summed E-state index contributed by atoms with van der Waals surface area (Å²) in [4.78, 5) is 0. The molecule has 0 saturated carbocycles. The number of ether oxygens (including phenoxy) is 1. The second kappa shape index (κ2) is 8.29. The Balaban J connectivity index is 3.17. The van der Waals surface area contributed by atoms with Gasteiger partial charge in [0.1, 0.15) is 10.5 Å². The second-order valence-corrected chi connectivity index (χ2v) is 8.46. The molecule has 1 rings (SSSR count). The number of rotatable bonds is 7. The van der Waals surface area contributed by atoms with Crippen LogP contribution < -0.4 is 9.46 Å². The maximum Gasteiger partial charge on any atom is 0.387 e. The van der Waals surface area contributed by atoms with E-state index in [2.05, 4.69) is 32.0 Å². The molecule has 124 valence electrons. The van der Waals surface area contributed by atoms with Gasteiger partial charge in [0, 0.05) is 21.4 Å². The normalized spacial score (nSPS) is 14.7. The van der Waals surface area contributed by atoms with Crippen LogP contribution in [-0.4, -0.2) is 15.9 Å². The fourth-order valence-corrected chi connectivity index (χ4v) is 3.20. The lowest BCUT2D eigenvalue weighted by atomic mass is 10.0. The van der Waals surface area contributed by atoms with Gasteiger partial charge in [-0.05, 0) is 39.3 Å². The van der Waals surface area contributed by atoms with E-state index in [9.17, 15) is 13.3 Å². The molecule has 0 heterocycles. The lowest BCUT2D eigenvalue weighted by molar-refractivity contribution is -0.0507. The Morgan fingerprint density at radius 2 is 2.09 bits per heavy atom. The van der Waals surface area contributed by atoms with Crippen LogP contribution in [0.3, 0.4) is 0 Å². The summed E-state index contributed by atoms with van der Waals surface area (Å²) in [6, 6.07) is 4.34. The van der Waals surface area contributed by atoms with Crippen molar-refractivity contribution in [3.05, 3.63) is 40.9 Å². The van der Waals surface area contributed by atoms with Crippen LogP contribution >= 0.6 is 15.9 Å². The maximum atomic E-state index is 12.6. The van der Waals surface area contributed by atoms with Crippen molar-refractivity contribution in [2.75, 3.05) is 0 Å². The zero-order chi connectivity index (χ0) is 16.9. The van der Waals surface area contributed by atoms with E-state index < -0.39 is 28.8 Å². The molecule has 1 unspecified atom stereocenters. The Morgan fingerprint density at radius 3 is 2.59 bits per heavy atom. The van der Waals surface area contributed by atoms with Crippen LogP contribution in [0.1, 0.15) is 38.8 Å². The van der Waals surface area contributed by atoms with Crippen LogP contribution in [0.4, 0.5) is 8.78 Å². The largest absolute Gasteiger partial charge is 0.598 e. The van der Waals surface area contributed by atoms with Gasteiger partial charge in [0.2, 0.25) is 0 Å². The van der Waals surface area contributed by atoms with Gasteiger partial charge in [-0.2, -0.15) is 8.78 Å². The molecule has 0 amide bonds. The molecule has 1 aromatic rings. The van der Waals surface area contributed by atoms with Gasteiger partial charge >= 0.3 is 6.61 Å². The number of halogens is 3. The van der Waals surface area contributed by atoms with Crippen LogP contribution in [0.15, 0.2) is 35.3 Å². The number of nitrogens with one attached hydrogen (secondary N) is 1. The zero-order valence-corrected chi connectivity index (χ0v) is 15.1. The first-order chi connectivity index (χ1) is 10.2. The van der Waals surface area contributed by atoms with Crippen LogP contribution in [-0.2, 0) is 11.4 Å². The summed E-state index contributed by atoms with van der Waals surface area (Å²) in [5.74, 6) is 0.0506. The maximum absolute atomic E-state index is 12.6. The lowest BCUT2D eigenvalue weighted by Crippen LogP contribution is -2.41. The van der Waals surface area contributed by atoms with E-state index in [-0.39, 0.29) is 5.75 Å². The Labute approximate surface area is 141 Å². The summed E-state index contributed by atoms with van der Waals surface area (Å²) in [6.07, 6.45) is 2.06. The predicted molar refractivity (Wildman–Crippen MR) is 89.4 cm³/mol. The highest BCUT2D eigenvalue weighted by molar-refractivity contribution is 9.10. The van der Waals surface area contributed by atoms with Crippen molar-refractivity contribution in [3.63, 3.8) is 0 Å². The first-order valence-electron chi connectivity index (χ1n) is 6.69. The molecule has 0 fully saturated rings. The highest BCUT2D eigenvalue weighted by Gasteiger charge is 2.31. The van der Waals surface area contributed by atoms with E-state index in [1.165, 1.54) is 6.07 Å². The number of hydrogen-bond donors (Lipinski definition) is 1. The average molecular weight is 396 g/mol. The minimum atomic E-state index is -2.93. The molecule has 0 spiro atoms. The van der Waals surface area contributed by atoms with Crippen molar-refractivity contribution in [1.82, 2.24) is 4.72 Å². The smallest absolute Gasteiger partial charge is 0.387 e. The molecule has 0 bridgehead atoms. The molecule has 7 heteroatoms. The van der Waals surface area contributed by atoms with Crippen molar-refractivity contribution in [3.8, 4) is 5.75 Å². The van der Waals surface area contributed by atoms with Gasteiger partial charge in [-0.15, -0.1) is 11.3 Å². The molecule has 3 nitrogen and oxygen atoms in total. The molecule has 0 aliphatic heterocycles. The number of hydrogen-bond acceptors (Lipinski definition) is 3. The van der Waals surface area contributed by atoms with E-state index in [0.717, 1.165) is 0 Å². The molecule has 1 N–H and O–H groups in total. The van der Waals surface area contributed by atoms with E-state index in [4.69, 9.17) is 0 Å². The third-order valence-electron chi connectivity index (χ3n) is 2.79. The highest BCUT2D eigenvalue weighted by Crippen LogP contribution is 2.36. The SMILES string of the molecule is C=CC[C@@H](N[S+]([O-])C(C)(C)C)c1c(Br)cccc1OC(F)F. The standard InChI is InChI=1S/C15H20BrF2NO2S/c1-5-7-11(19-22(20)15(2,3)4)13-10(16)8-6-9-12(13)21-14(17)18/h5-6,8-9,11,14,19H,1,7H2,2-4H3/t11-,22?/m1/s1. The van der Waals surface area contributed by atoms with Gasteiger partial charge in [-0.3, -0.25) is 0 Å².